The number of barbiturate groups is 1. The van der Waals surface area contributed by atoms with E-state index >= 15 is 0 Å². The van der Waals surface area contributed by atoms with E-state index in [-0.39, 0.29) is 16.3 Å². The molecular weight excluding hydrogens is 418 g/mol. The molecule has 0 aliphatic carbocycles. The number of hydrogen-bond acceptors (Lipinski definition) is 4. The fourth-order valence-corrected chi connectivity index (χ4v) is 3.57. The Bertz CT molecular complexity index is 1200. The summed E-state index contributed by atoms with van der Waals surface area (Å²) in [5.41, 5.74) is 1.80. The first-order valence-electron chi connectivity index (χ1n) is 9.42. The molecule has 0 saturated carbocycles. The average molecular weight is 436 g/mol. The van der Waals surface area contributed by atoms with Crippen molar-refractivity contribution >= 4 is 41.2 Å². The van der Waals surface area contributed by atoms with Crippen LogP contribution in [0.3, 0.4) is 0 Å². The number of nitrogens with one attached hydrogen (secondary N) is 1. The number of amides is 4. The second-order valence-corrected chi connectivity index (χ2v) is 7.23. The smallest absolute Gasteiger partial charge is 0.335 e. The number of benzene rings is 2. The van der Waals surface area contributed by atoms with Crippen LogP contribution in [-0.4, -0.2) is 29.5 Å². The molecule has 8 heteroatoms. The van der Waals surface area contributed by atoms with E-state index in [1.807, 2.05) is 47.2 Å². The molecule has 3 aromatic rings. The molecule has 0 unspecified atom stereocenters. The Morgan fingerprint density at radius 3 is 2.52 bits per heavy atom. The molecule has 4 amide bonds. The summed E-state index contributed by atoms with van der Waals surface area (Å²) >= 11 is 6.14. The fourth-order valence-electron chi connectivity index (χ4n) is 3.32. The number of carbonyl (C=O) groups excluding carboxylic acids is 3. The number of imide groups is 2. The van der Waals surface area contributed by atoms with Gasteiger partial charge in [0.15, 0.2) is 0 Å². The van der Waals surface area contributed by atoms with Crippen molar-refractivity contribution in [2.45, 2.75) is 6.54 Å². The van der Waals surface area contributed by atoms with Gasteiger partial charge in [0.05, 0.1) is 17.8 Å². The molecule has 0 spiro atoms. The van der Waals surface area contributed by atoms with Crippen LogP contribution in [-0.2, 0) is 16.1 Å². The predicted octanol–water partition coefficient (Wildman–Crippen LogP) is 3.86. The largest absolute Gasteiger partial charge is 0.495 e. The summed E-state index contributed by atoms with van der Waals surface area (Å²) in [4.78, 5) is 38.8. The summed E-state index contributed by atoms with van der Waals surface area (Å²) in [5, 5.41) is 2.45. The van der Waals surface area contributed by atoms with Gasteiger partial charge in [-0.1, -0.05) is 41.9 Å². The van der Waals surface area contributed by atoms with Crippen molar-refractivity contribution in [2.75, 3.05) is 12.0 Å². The van der Waals surface area contributed by atoms with Crippen molar-refractivity contribution in [3.63, 3.8) is 0 Å². The first-order chi connectivity index (χ1) is 15.0. The molecule has 1 aromatic heterocycles. The van der Waals surface area contributed by atoms with Crippen molar-refractivity contribution in [3.8, 4) is 5.75 Å². The minimum absolute atomic E-state index is 0.153. The van der Waals surface area contributed by atoms with Gasteiger partial charge in [-0.2, -0.15) is 0 Å². The molecular formula is C23H18ClN3O4. The normalized spacial score (nSPS) is 15.4. The summed E-state index contributed by atoms with van der Waals surface area (Å²) in [5.74, 6) is -1.08. The van der Waals surface area contributed by atoms with Crippen molar-refractivity contribution in [1.82, 2.24) is 9.88 Å². The highest BCUT2D eigenvalue weighted by Gasteiger charge is 2.37. The summed E-state index contributed by atoms with van der Waals surface area (Å²) in [6, 6.07) is 17.1. The quantitative estimate of drug-likeness (QED) is 0.487. The van der Waals surface area contributed by atoms with Gasteiger partial charge in [0.2, 0.25) is 0 Å². The van der Waals surface area contributed by atoms with Crippen LogP contribution >= 0.6 is 11.6 Å². The van der Waals surface area contributed by atoms with Crippen LogP contribution in [0.4, 0.5) is 10.5 Å². The van der Waals surface area contributed by atoms with E-state index in [9.17, 15) is 14.4 Å². The molecule has 2 aromatic carbocycles. The van der Waals surface area contributed by atoms with Crippen LogP contribution in [0.25, 0.3) is 6.08 Å². The molecule has 4 rings (SSSR count). The molecule has 1 aliphatic rings. The molecule has 7 nitrogen and oxygen atoms in total. The van der Waals surface area contributed by atoms with Gasteiger partial charge in [-0.05, 0) is 42.0 Å². The Balaban J connectivity index is 1.67. The highest BCUT2D eigenvalue weighted by Crippen LogP contribution is 2.31. The van der Waals surface area contributed by atoms with Crippen molar-refractivity contribution in [3.05, 3.63) is 88.7 Å². The van der Waals surface area contributed by atoms with Crippen molar-refractivity contribution < 1.29 is 19.1 Å². The first kappa shape index (κ1) is 20.4. The van der Waals surface area contributed by atoms with Gasteiger partial charge in [-0.25, -0.2) is 9.69 Å². The first-order valence-corrected chi connectivity index (χ1v) is 9.80. The molecule has 156 valence electrons. The number of methoxy groups -OCH3 is 1. The number of nitrogens with zero attached hydrogens (tertiary/aromatic N) is 2. The zero-order valence-corrected chi connectivity index (χ0v) is 17.3. The zero-order chi connectivity index (χ0) is 22.0. The van der Waals surface area contributed by atoms with Gasteiger partial charge in [0.25, 0.3) is 11.8 Å². The standard InChI is InChI=1S/C23H18ClN3O4/c1-31-20-10-9-17(13-19(20)24)27-22(29)18(21(28)25-23(27)30)12-16-8-5-11-26(16)14-15-6-3-2-4-7-15/h2-13H,14H2,1H3,(H,25,28,30)/b18-12-. The van der Waals surface area contributed by atoms with E-state index in [4.69, 9.17) is 16.3 Å². The van der Waals surface area contributed by atoms with E-state index in [1.54, 1.807) is 12.1 Å². The lowest BCUT2D eigenvalue weighted by Crippen LogP contribution is -2.54. The van der Waals surface area contributed by atoms with Crippen LogP contribution < -0.4 is 15.0 Å². The van der Waals surface area contributed by atoms with Gasteiger partial charge in [0.1, 0.15) is 11.3 Å². The highest BCUT2D eigenvalue weighted by molar-refractivity contribution is 6.39. The molecule has 1 fully saturated rings. The predicted molar refractivity (Wildman–Crippen MR) is 117 cm³/mol. The monoisotopic (exact) mass is 435 g/mol. The Hall–Kier alpha value is -3.84. The van der Waals surface area contributed by atoms with Gasteiger partial charge in [-0.15, -0.1) is 0 Å². The molecule has 1 aliphatic heterocycles. The maximum Gasteiger partial charge on any atom is 0.335 e. The third kappa shape index (κ3) is 4.08. The third-order valence-corrected chi connectivity index (χ3v) is 5.14. The van der Waals surface area contributed by atoms with E-state index in [0.717, 1.165) is 10.5 Å². The van der Waals surface area contributed by atoms with Crippen LogP contribution in [0.1, 0.15) is 11.3 Å². The summed E-state index contributed by atoms with van der Waals surface area (Å²) in [6.45, 7) is 0.569. The number of ether oxygens (including phenoxy) is 1. The second kappa shape index (κ2) is 8.49. The maximum atomic E-state index is 13.1. The number of anilines is 1. The Labute approximate surface area is 183 Å². The number of halogens is 1. The molecule has 31 heavy (non-hydrogen) atoms. The SMILES string of the molecule is COc1ccc(N2C(=O)NC(=O)/C(=C/c3cccn3Cc3ccccc3)C2=O)cc1Cl. The Morgan fingerprint density at radius 1 is 1.03 bits per heavy atom. The number of urea groups is 1. The number of carbonyl (C=O) groups is 3. The lowest BCUT2D eigenvalue weighted by atomic mass is 10.1. The van der Waals surface area contributed by atoms with E-state index in [2.05, 4.69) is 5.32 Å². The minimum atomic E-state index is -0.840. The number of aromatic nitrogens is 1. The average Bonchev–Trinajstić information content (AvgIpc) is 3.18. The Morgan fingerprint density at radius 2 is 1.81 bits per heavy atom. The molecule has 0 bridgehead atoms. The van der Waals surface area contributed by atoms with Crippen LogP contribution in [0.2, 0.25) is 5.02 Å². The molecule has 1 saturated heterocycles. The molecule has 1 N–H and O–H groups in total. The van der Waals surface area contributed by atoms with E-state index < -0.39 is 17.8 Å². The Kier molecular flexibility index (Phi) is 5.60. The van der Waals surface area contributed by atoms with Gasteiger partial charge >= 0.3 is 6.03 Å². The molecule has 0 radical (unpaired) electrons. The highest BCUT2D eigenvalue weighted by atomic mass is 35.5. The zero-order valence-electron chi connectivity index (χ0n) is 16.5. The minimum Gasteiger partial charge on any atom is -0.495 e. The summed E-state index contributed by atoms with van der Waals surface area (Å²) in [6.07, 6.45) is 3.34. The fraction of sp³-hybridized carbons (Fsp3) is 0.0870. The third-order valence-electron chi connectivity index (χ3n) is 4.85. The van der Waals surface area contributed by atoms with Crippen molar-refractivity contribution in [2.24, 2.45) is 0 Å². The molecule has 0 atom stereocenters. The summed E-state index contributed by atoms with van der Waals surface area (Å²) in [7, 11) is 1.46. The van der Waals surface area contributed by atoms with E-state index in [0.29, 0.717) is 18.0 Å². The lowest BCUT2D eigenvalue weighted by Gasteiger charge is -2.26. The topological polar surface area (TPSA) is 80.6 Å². The van der Waals surface area contributed by atoms with Gasteiger partial charge < -0.3 is 9.30 Å². The van der Waals surface area contributed by atoms with Crippen LogP contribution in [0.5, 0.6) is 5.75 Å². The molecule has 2 heterocycles. The lowest BCUT2D eigenvalue weighted by molar-refractivity contribution is -0.122. The van der Waals surface area contributed by atoms with Gasteiger partial charge in [-0.3, -0.25) is 14.9 Å². The number of rotatable bonds is 5. The van der Waals surface area contributed by atoms with E-state index in [1.165, 1.54) is 25.3 Å². The van der Waals surface area contributed by atoms with Crippen molar-refractivity contribution in [1.29, 1.82) is 0 Å². The van der Waals surface area contributed by atoms with Crippen LogP contribution in [0.15, 0.2) is 72.4 Å². The number of hydrogen-bond donors (Lipinski definition) is 1. The second-order valence-electron chi connectivity index (χ2n) is 6.82. The van der Waals surface area contributed by atoms with Gasteiger partial charge in [0, 0.05) is 18.4 Å². The maximum absolute atomic E-state index is 13.1. The summed E-state index contributed by atoms with van der Waals surface area (Å²) < 4.78 is 7.02. The van der Waals surface area contributed by atoms with Crippen LogP contribution in [0, 0.1) is 0 Å².